The number of hydrogen-bond acceptors (Lipinski definition) is 6. The van der Waals surface area contributed by atoms with E-state index in [4.69, 9.17) is 9.47 Å². The van der Waals surface area contributed by atoms with Gasteiger partial charge in [0.2, 0.25) is 0 Å². The Morgan fingerprint density at radius 3 is 2.36 bits per heavy atom. The van der Waals surface area contributed by atoms with Gasteiger partial charge in [-0.25, -0.2) is 9.59 Å². The second-order valence-electron chi connectivity index (χ2n) is 7.03. The Kier molecular flexibility index (Phi) is 7.57. The molecule has 150 valence electrons. The number of ether oxygens (including phenoxy) is 2. The Hall–Kier alpha value is -2.87. The van der Waals surface area contributed by atoms with Crippen molar-refractivity contribution in [1.82, 2.24) is 10.6 Å². The van der Waals surface area contributed by atoms with E-state index in [1.54, 1.807) is 12.1 Å². The normalized spacial score (nSPS) is 10.8. The van der Waals surface area contributed by atoms with Gasteiger partial charge < -0.3 is 14.8 Å². The third-order valence-electron chi connectivity index (χ3n) is 3.70. The second-order valence-corrected chi connectivity index (χ2v) is 8.07. The van der Waals surface area contributed by atoms with Crippen LogP contribution in [0.1, 0.15) is 31.2 Å². The molecule has 0 aliphatic rings. The van der Waals surface area contributed by atoms with Crippen LogP contribution in [-0.4, -0.2) is 31.1 Å². The minimum absolute atomic E-state index is 0.0287. The first-order valence-electron chi connectivity index (χ1n) is 8.73. The number of thiophene rings is 1. The zero-order chi connectivity index (χ0) is 20.6. The van der Waals surface area contributed by atoms with Gasteiger partial charge in [0.05, 0.1) is 6.54 Å². The van der Waals surface area contributed by atoms with Crippen molar-refractivity contribution in [3.8, 4) is 5.75 Å². The molecule has 0 unspecified atom stereocenters. The molecule has 0 saturated carbocycles. The van der Waals surface area contributed by atoms with E-state index in [9.17, 15) is 14.4 Å². The van der Waals surface area contributed by atoms with Crippen LogP contribution in [0.15, 0.2) is 41.8 Å². The molecule has 0 fully saturated rings. The molecule has 2 N–H and O–H groups in total. The van der Waals surface area contributed by atoms with Gasteiger partial charge in [0.1, 0.15) is 5.75 Å². The Morgan fingerprint density at radius 1 is 1.04 bits per heavy atom. The standard InChI is InChI=1S/C20H24N2O5S/c1-20(2,3)14-6-8-15(9-7-14)26-13-18(24)27-12-17(23)22-19(25)21-11-16-5-4-10-28-16/h4-10H,11-13H2,1-3H3,(H2,21,22,23,25). The Balaban J connectivity index is 1.64. The summed E-state index contributed by atoms with van der Waals surface area (Å²) in [6, 6.07) is 10.5. The number of carbonyl (C=O) groups excluding carboxylic acids is 3. The lowest BCUT2D eigenvalue weighted by atomic mass is 9.87. The van der Waals surface area contributed by atoms with Gasteiger partial charge in [-0.3, -0.25) is 10.1 Å². The predicted octanol–water partition coefficient (Wildman–Crippen LogP) is 2.99. The van der Waals surface area contributed by atoms with E-state index in [0.717, 1.165) is 10.4 Å². The van der Waals surface area contributed by atoms with Crippen LogP contribution in [0.4, 0.5) is 4.79 Å². The topological polar surface area (TPSA) is 93.7 Å². The SMILES string of the molecule is CC(C)(C)c1ccc(OCC(=O)OCC(=O)NC(=O)NCc2cccs2)cc1. The average molecular weight is 404 g/mol. The molecule has 1 aromatic carbocycles. The van der Waals surface area contributed by atoms with Crippen molar-refractivity contribution in [2.24, 2.45) is 0 Å². The monoisotopic (exact) mass is 404 g/mol. The lowest BCUT2D eigenvalue weighted by molar-refractivity contribution is -0.150. The molecule has 28 heavy (non-hydrogen) atoms. The summed E-state index contributed by atoms with van der Waals surface area (Å²) in [5.41, 5.74) is 1.18. The first-order chi connectivity index (χ1) is 13.2. The Labute approximate surface area is 168 Å². The molecule has 0 saturated heterocycles. The fraction of sp³-hybridized carbons (Fsp3) is 0.350. The van der Waals surface area contributed by atoms with Gasteiger partial charge in [0.25, 0.3) is 5.91 Å². The average Bonchev–Trinajstić information content (AvgIpc) is 3.16. The number of rotatable bonds is 7. The van der Waals surface area contributed by atoms with Crippen LogP contribution in [0.5, 0.6) is 5.75 Å². The number of urea groups is 1. The van der Waals surface area contributed by atoms with Gasteiger partial charge in [-0.05, 0) is 34.6 Å². The summed E-state index contributed by atoms with van der Waals surface area (Å²) in [5, 5.41) is 6.52. The third-order valence-corrected chi connectivity index (χ3v) is 4.57. The van der Waals surface area contributed by atoms with Crippen molar-refractivity contribution < 1.29 is 23.9 Å². The zero-order valence-corrected chi connectivity index (χ0v) is 16.9. The van der Waals surface area contributed by atoms with E-state index in [0.29, 0.717) is 12.3 Å². The number of nitrogens with one attached hydrogen (secondary N) is 2. The van der Waals surface area contributed by atoms with Gasteiger partial charge in [0, 0.05) is 4.88 Å². The summed E-state index contributed by atoms with van der Waals surface area (Å²) in [5.74, 6) is -0.886. The highest BCUT2D eigenvalue weighted by Gasteiger charge is 2.14. The maximum Gasteiger partial charge on any atom is 0.344 e. The summed E-state index contributed by atoms with van der Waals surface area (Å²) in [7, 11) is 0. The van der Waals surface area contributed by atoms with Crippen LogP contribution in [0.3, 0.4) is 0 Å². The van der Waals surface area contributed by atoms with Gasteiger partial charge >= 0.3 is 12.0 Å². The van der Waals surface area contributed by atoms with Crippen molar-refractivity contribution in [2.75, 3.05) is 13.2 Å². The van der Waals surface area contributed by atoms with E-state index >= 15 is 0 Å². The van der Waals surface area contributed by atoms with Crippen molar-refractivity contribution in [2.45, 2.75) is 32.7 Å². The first kappa shape index (κ1) is 21.4. The fourth-order valence-corrected chi connectivity index (χ4v) is 2.81. The smallest absolute Gasteiger partial charge is 0.344 e. The van der Waals surface area contributed by atoms with Gasteiger partial charge in [-0.2, -0.15) is 0 Å². The number of amides is 3. The summed E-state index contributed by atoms with van der Waals surface area (Å²) < 4.78 is 10.1. The molecule has 3 amide bonds. The third kappa shape index (κ3) is 7.40. The van der Waals surface area contributed by atoms with Crippen LogP contribution >= 0.6 is 11.3 Å². The Morgan fingerprint density at radius 2 is 1.75 bits per heavy atom. The maximum atomic E-state index is 11.7. The van der Waals surface area contributed by atoms with E-state index in [1.165, 1.54) is 11.3 Å². The van der Waals surface area contributed by atoms with Gasteiger partial charge in [-0.15, -0.1) is 11.3 Å². The lowest BCUT2D eigenvalue weighted by Crippen LogP contribution is -2.41. The van der Waals surface area contributed by atoms with E-state index in [-0.39, 0.29) is 12.0 Å². The highest BCUT2D eigenvalue weighted by atomic mass is 32.1. The number of esters is 1. The molecule has 0 bridgehead atoms. The molecule has 1 heterocycles. The predicted molar refractivity (Wildman–Crippen MR) is 106 cm³/mol. The molecule has 8 heteroatoms. The second kappa shape index (κ2) is 9.89. The van der Waals surface area contributed by atoms with Crippen LogP contribution in [0, 0.1) is 0 Å². The van der Waals surface area contributed by atoms with E-state index in [2.05, 4.69) is 31.4 Å². The molecular weight excluding hydrogens is 380 g/mol. The van der Waals surface area contributed by atoms with Crippen LogP contribution in [-0.2, 0) is 26.3 Å². The van der Waals surface area contributed by atoms with Crippen molar-refractivity contribution >= 4 is 29.2 Å². The van der Waals surface area contributed by atoms with Crippen molar-refractivity contribution in [3.63, 3.8) is 0 Å². The molecule has 0 aliphatic carbocycles. The highest BCUT2D eigenvalue weighted by molar-refractivity contribution is 7.09. The zero-order valence-electron chi connectivity index (χ0n) is 16.1. The minimum atomic E-state index is -0.716. The summed E-state index contributed by atoms with van der Waals surface area (Å²) >= 11 is 1.49. The molecule has 1 aromatic heterocycles. The Bertz CT molecular complexity index is 795. The van der Waals surface area contributed by atoms with E-state index in [1.807, 2.05) is 29.6 Å². The maximum absolute atomic E-state index is 11.7. The number of imide groups is 1. The fourth-order valence-electron chi connectivity index (χ4n) is 2.17. The first-order valence-corrected chi connectivity index (χ1v) is 9.61. The number of benzene rings is 1. The molecule has 2 aromatic rings. The number of carbonyl (C=O) groups is 3. The van der Waals surface area contributed by atoms with Crippen LogP contribution < -0.4 is 15.4 Å². The summed E-state index contributed by atoms with van der Waals surface area (Å²) in [4.78, 5) is 35.9. The van der Waals surface area contributed by atoms with Crippen molar-refractivity contribution in [1.29, 1.82) is 0 Å². The van der Waals surface area contributed by atoms with E-state index < -0.39 is 24.5 Å². The van der Waals surface area contributed by atoms with Crippen LogP contribution in [0.25, 0.3) is 0 Å². The summed E-state index contributed by atoms with van der Waals surface area (Å²) in [6.07, 6.45) is 0. The quantitative estimate of drug-likeness (QED) is 0.692. The van der Waals surface area contributed by atoms with Crippen LogP contribution in [0.2, 0.25) is 0 Å². The van der Waals surface area contributed by atoms with Crippen molar-refractivity contribution in [3.05, 3.63) is 52.2 Å². The highest BCUT2D eigenvalue weighted by Crippen LogP contribution is 2.24. The largest absolute Gasteiger partial charge is 0.482 e. The number of hydrogen-bond donors (Lipinski definition) is 2. The molecule has 0 atom stereocenters. The molecule has 0 spiro atoms. The molecule has 2 rings (SSSR count). The van der Waals surface area contributed by atoms with Gasteiger partial charge in [-0.1, -0.05) is 39.0 Å². The molecule has 0 radical (unpaired) electrons. The lowest BCUT2D eigenvalue weighted by Gasteiger charge is -2.19. The van der Waals surface area contributed by atoms with Gasteiger partial charge in [0.15, 0.2) is 13.2 Å². The summed E-state index contributed by atoms with van der Waals surface area (Å²) in [6.45, 7) is 5.75. The molecule has 0 aliphatic heterocycles. The minimum Gasteiger partial charge on any atom is -0.482 e. The molecule has 7 nitrogen and oxygen atoms in total. The molecular formula is C20H24N2O5S.